The molecule has 0 amide bonds. The van der Waals surface area contributed by atoms with Gasteiger partial charge in [0.25, 0.3) is 0 Å². The van der Waals surface area contributed by atoms with E-state index in [4.69, 9.17) is 10.2 Å². The predicted molar refractivity (Wildman–Crippen MR) is 104 cm³/mol. The van der Waals surface area contributed by atoms with Gasteiger partial charge in [0.1, 0.15) is 0 Å². The molecule has 2 aromatic rings. The fourth-order valence-electron chi connectivity index (χ4n) is 3.11. The van der Waals surface area contributed by atoms with Gasteiger partial charge in [-0.3, -0.25) is 9.36 Å². The summed E-state index contributed by atoms with van der Waals surface area (Å²) in [5.41, 5.74) is 5.01. The molecule has 0 saturated heterocycles. The molecule has 0 unspecified atom stereocenters. The van der Waals surface area contributed by atoms with Crippen LogP contribution in [-0.4, -0.2) is 56.1 Å². The zero-order valence-electron chi connectivity index (χ0n) is 14.7. The summed E-state index contributed by atoms with van der Waals surface area (Å²) in [6, 6.07) is 0. The van der Waals surface area contributed by atoms with Crippen molar-refractivity contribution in [3.8, 4) is 0 Å². The van der Waals surface area contributed by atoms with E-state index in [1.54, 1.807) is 0 Å². The Labute approximate surface area is 165 Å². The lowest BCUT2D eigenvalue weighted by atomic mass is 10.1. The van der Waals surface area contributed by atoms with Gasteiger partial charge in [0.05, 0.1) is 38.2 Å². The molecule has 2 aromatic heterocycles. The Balaban J connectivity index is 0.000000241. The second-order valence-electron chi connectivity index (χ2n) is 6.00. The average Bonchev–Trinajstić information content (AvgIpc) is 3.20. The average molecular weight is 407 g/mol. The molecular formula is C16H28Cl2N6O2. The summed E-state index contributed by atoms with van der Waals surface area (Å²) in [4.78, 5) is 0. The van der Waals surface area contributed by atoms with E-state index in [2.05, 4.69) is 20.8 Å². The first-order chi connectivity index (χ1) is 11.8. The number of aliphatic hydroxyl groups is 2. The highest BCUT2D eigenvalue weighted by Gasteiger charge is 2.13. The van der Waals surface area contributed by atoms with Gasteiger partial charge in [0.2, 0.25) is 0 Å². The molecule has 4 N–H and O–H groups in total. The van der Waals surface area contributed by atoms with Gasteiger partial charge >= 0.3 is 0 Å². The van der Waals surface area contributed by atoms with Crippen molar-refractivity contribution in [2.75, 3.05) is 26.3 Å². The summed E-state index contributed by atoms with van der Waals surface area (Å²) in [7, 11) is 0. The normalized spacial score (nSPS) is 14.8. The van der Waals surface area contributed by atoms with Crippen molar-refractivity contribution in [1.29, 1.82) is 0 Å². The van der Waals surface area contributed by atoms with E-state index in [0.717, 1.165) is 39.0 Å². The van der Waals surface area contributed by atoms with Crippen LogP contribution in [0.4, 0.5) is 0 Å². The smallest absolute Gasteiger partial charge is 0.0682 e. The summed E-state index contributed by atoms with van der Waals surface area (Å²) >= 11 is 0. The summed E-state index contributed by atoms with van der Waals surface area (Å²) in [6.07, 6.45) is 5.93. The van der Waals surface area contributed by atoms with Gasteiger partial charge in [0, 0.05) is 62.0 Å². The molecule has 0 radical (unpaired) electrons. The van der Waals surface area contributed by atoms with Crippen LogP contribution >= 0.6 is 24.8 Å². The van der Waals surface area contributed by atoms with Gasteiger partial charge in [0.15, 0.2) is 0 Å². The zero-order valence-corrected chi connectivity index (χ0v) is 16.4. The lowest BCUT2D eigenvalue weighted by Gasteiger charge is -2.14. The maximum atomic E-state index is 8.76. The predicted octanol–water partition coefficient (Wildman–Crippen LogP) is -0.114. The van der Waals surface area contributed by atoms with Gasteiger partial charge < -0.3 is 20.8 Å². The lowest BCUT2D eigenvalue weighted by Crippen LogP contribution is -2.25. The molecule has 4 heterocycles. The molecule has 0 bridgehead atoms. The van der Waals surface area contributed by atoms with Crippen molar-refractivity contribution >= 4 is 24.8 Å². The van der Waals surface area contributed by atoms with Crippen molar-refractivity contribution in [3.63, 3.8) is 0 Å². The fraction of sp³-hybridized carbons (Fsp3) is 0.625. The van der Waals surface area contributed by atoms with E-state index in [-0.39, 0.29) is 38.0 Å². The van der Waals surface area contributed by atoms with Crippen LogP contribution in [0.2, 0.25) is 0 Å². The summed E-state index contributed by atoms with van der Waals surface area (Å²) in [6.45, 7) is 5.42. The van der Waals surface area contributed by atoms with E-state index in [1.807, 2.05) is 21.8 Å². The number of nitrogens with zero attached hydrogens (tertiary/aromatic N) is 4. The van der Waals surface area contributed by atoms with Crippen molar-refractivity contribution < 1.29 is 10.2 Å². The molecule has 4 rings (SSSR count). The monoisotopic (exact) mass is 406 g/mol. The fourth-order valence-corrected chi connectivity index (χ4v) is 3.11. The number of aromatic nitrogens is 4. The highest BCUT2D eigenvalue weighted by Crippen LogP contribution is 2.12. The molecule has 148 valence electrons. The molecule has 0 atom stereocenters. The van der Waals surface area contributed by atoms with Crippen LogP contribution in [0.5, 0.6) is 0 Å². The SMILES string of the molecule is Cl.Cl.OCCn1cc2c(n1)CCNC2.OCCn1ncc2c1CCNC2. The minimum Gasteiger partial charge on any atom is -0.394 e. The van der Waals surface area contributed by atoms with Crippen molar-refractivity contribution in [2.45, 2.75) is 39.0 Å². The molecule has 2 aliphatic heterocycles. The van der Waals surface area contributed by atoms with E-state index in [0.29, 0.717) is 13.1 Å². The zero-order chi connectivity index (χ0) is 16.8. The molecule has 0 aliphatic carbocycles. The van der Waals surface area contributed by atoms with Crippen molar-refractivity contribution in [2.24, 2.45) is 0 Å². The van der Waals surface area contributed by atoms with Gasteiger partial charge in [-0.05, 0) is 0 Å². The Morgan fingerprint density at radius 2 is 1.65 bits per heavy atom. The topological polar surface area (TPSA) is 100 Å². The first-order valence-electron chi connectivity index (χ1n) is 8.53. The number of hydrogen-bond acceptors (Lipinski definition) is 6. The van der Waals surface area contributed by atoms with Crippen molar-refractivity contribution in [1.82, 2.24) is 30.2 Å². The van der Waals surface area contributed by atoms with E-state index in [1.165, 1.54) is 22.5 Å². The number of nitrogens with one attached hydrogen (secondary N) is 2. The third kappa shape index (κ3) is 5.67. The molecule has 0 aromatic carbocycles. The van der Waals surface area contributed by atoms with Crippen LogP contribution in [0, 0.1) is 0 Å². The number of halogens is 2. The molecule has 10 heteroatoms. The summed E-state index contributed by atoms with van der Waals surface area (Å²) < 4.78 is 3.72. The molecular weight excluding hydrogens is 379 g/mol. The Bertz CT molecular complexity index is 635. The van der Waals surface area contributed by atoms with E-state index >= 15 is 0 Å². The molecule has 2 aliphatic rings. The quantitative estimate of drug-likeness (QED) is 0.564. The minimum absolute atomic E-state index is 0. The second-order valence-corrected chi connectivity index (χ2v) is 6.00. The minimum atomic E-state index is 0. The summed E-state index contributed by atoms with van der Waals surface area (Å²) in [5.74, 6) is 0. The Morgan fingerprint density at radius 3 is 2.35 bits per heavy atom. The maximum Gasteiger partial charge on any atom is 0.0682 e. The van der Waals surface area contributed by atoms with Gasteiger partial charge in [-0.15, -0.1) is 24.8 Å². The molecule has 0 saturated carbocycles. The molecule has 0 spiro atoms. The van der Waals surface area contributed by atoms with E-state index in [9.17, 15) is 0 Å². The van der Waals surface area contributed by atoms with Crippen LogP contribution in [0.15, 0.2) is 12.4 Å². The standard InChI is InChI=1S/2C8H13N3O.2ClH/c12-4-3-11-6-7-5-9-2-1-8(7)10-11;12-4-3-11-8-1-2-9-5-7(8)6-10-11;;/h2*6,9,12H,1-5H2;2*1H. The van der Waals surface area contributed by atoms with Crippen LogP contribution < -0.4 is 10.6 Å². The van der Waals surface area contributed by atoms with Crippen LogP contribution in [0.25, 0.3) is 0 Å². The first-order valence-corrected chi connectivity index (χ1v) is 8.53. The van der Waals surface area contributed by atoms with Crippen LogP contribution in [0.3, 0.4) is 0 Å². The van der Waals surface area contributed by atoms with Crippen LogP contribution in [0.1, 0.15) is 22.5 Å². The Hall–Kier alpha value is -1.16. The lowest BCUT2D eigenvalue weighted by molar-refractivity contribution is 0.267. The third-order valence-corrected chi connectivity index (χ3v) is 4.31. The molecule has 8 nitrogen and oxygen atoms in total. The number of fused-ring (bicyclic) bond motifs is 2. The highest BCUT2D eigenvalue weighted by atomic mass is 35.5. The highest BCUT2D eigenvalue weighted by molar-refractivity contribution is 5.85. The van der Waals surface area contributed by atoms with Gasteiger partial charge in [-0.25, -0.2) is 0 Å². The van der Waals surface area contributed by atoms with E-state index < -0.39 is 0 Å². The molecule has 0 fully saturated rings. The Morgan fingerprint density at radius 1 is 0.962 bits per heavy atom. The van der Waals surface area contributed by atoms with Crippen molar-refractivity contribution in [3.05, 3.63) is 34.9 Å². The summed E-state index contributed by atoms with van der Waals surface area (Å²) in [5, 5.41) is 32.6. The third-order valence-electron chi connectivity index (χ3n) is 4.31. The maximum absolute atomic E-state index is 8.76. The van der Waals surface area contributed by atoms with Gasteiger partial charge in [-0.1, -0.05) is 0 Å². The number of hydrogen-bond donors (Lipinski definition) is 4. The largest absolute Gasteiger partial charge is 0.394 e. The molecule has 26 heavy (non-hydrogen) atoms. The first kappa shape index (κ1) is 22.9. The Kier molecular flexibility index (Phi) is 10.1. The second kappa shape index (κ2) is 11.5. The van der Waals surface area contributed by atoms with Gasteiger partial charge in [-0.2, -0.15) is 10.2 Å². The number of rotatable bonds is 4. The van der Waals surface area contributed by atoms with Crippen LogP contribution in [-0.2, 0) is 39.0 Å². The number of aliphatic hydroxyl groups excluding tert-OH is 2.